The van der Waals surface area contributed by atoms with Crippen LogP contribution in [0.1, 0.15) is 125 Å². The number of hydrogen-bond donors (Lipinski definition) is 0. The van der Waals surface area contributed by atoms with Gasteiger partial charge in [-0.05, 0) is 49.9 Å². The molecule has 0 aliphatic carbocycles. The van der Waals surface area contributed by atoms with Crippen LogP contribution in [0.5, 0.6) is 23.0 Å². The Balaban J connectivity index is 2.25. The van der Waals surface area contributed by atoms with Gasteiger partial charge < -0.3 is 37.9 Å². The van der Waals surface area contributed by atoms with E-state index in [1.807, 2.05) is 27.7 Å². The lowest BCUT2D eigenvalue weighted by molar-refractivity contribution is -0.188. The quantitative estimate of drug-likeness (QED) is 0.0315. The van der Waals surface area contributed by atoms with Crippen LogP contribution in [0.4, 0.5) is 0 Å². The van der Waals surface area contributed by atoms with Crippen LogP contribution in [0.3, 0.4) is 0 Å². The Hall–Kier alpha value is -5.54. The fourth-order valence-electron chi connectivity index (χ4n) is 4.24. The van der Waals surface area contributed by atoms with Crippen molar-refractivity contribution in [3.8, 4) is 23.0 Å². The van der Waals surface area contributed by atoms with Crippen molar-refractivity contribution in [3.05, 3.63) is 47.5 Å². The summed E-state index contributed by atoms with van der Waals surface area (Å²) in [5.74, 6) is -5.17. The molecule has 0 N–H and O–H groups in total. The first-order valence-electron chi connectivity index (χ1n) is 18.0. The molecule has 16 nitrogen and oxygen atoms in total. The maximum absolute atomic E-state index is 13.3. The second kappa shape index (κ2) is 26.3. The highest BCUT2D eigenvalue weighted by molar-refractivity contribution is 5.96. The predicted molar refractivity (Wildman–Crippen MR) is 188 cm³/mol. The van der Waals surface area contributed by atoms with E-state index in [9.17, 15) is 28.8 Å². The Labute approximate surface area is 314 Å². The van der Waals surface area contributed by atoms with Crippen LogP contribution in [0.25, 0.3) is 0 Å². The molecule has 0 aliphatic heterocycles. The van der Waals surface area contributed by atoms with Gasteiger partial charge in [0.2, 0.25) is 27.2 Å². The summed E-state index contributed by atoms with van der Waals surface area (Å²) in [6, 6.07) is 8.14. The lowest BCUT2D eigenvalue weighted by atomic mass is 10.2. The van der Waals surface area contributed by atoms with E-state index in [0.29, 0.717) is 25.7 Å². The van der Waals surface area contributed by atoms with E-state index < -0.39 is 63.0 Å². The van der Waals surface area contributed by atoms with Crippen LogP contribution in [-0.4, -0.2) is 63.0 Å². The Morgan fingerprint density at radius 3 is 1.02 bits per heavy atom. The van der Waals surface area contributed by atoms with Crippen LogP contribution in [-0.2, 0) is 47.9 Å². The first-order chi connectivity index (χ1) is 26.1. The largest absolute Gasteiger partial charge is 0.453 e. The van der Waals surface area contributed by atoms with Gasteiger partial charge in [-0.3, -0.25) is 19.2 Å². The van der Waals surface area contributed by atoms with Crippen LogP contribution in [0.2, 0.25) is 0 Å². The third-order valence-corrected chi connectivity index (χ3v) is 7.24. The molecule has 0 fully saturated rings. The molecular formula is C38H50O16. The van der Waals surface area contributed by atoms with Gasteiger partial charge >= 0.3 is 35.8 Å². The summed E-state index contributed by atoms with van der Waals surface area (Å²) in [5, 5.41) is 0. The number of para-hydroxylation sites is 2. The van der Waals surface area contributed by atoms with Crippen molar-refractivity contribution < 1.29 is 76.4 Å². The number of esters is 4. The Morgan fingerprint density at radius 1 is 0.426 bits per heavy atom. The van der Waals surface area contributed by atoms with Crippen LogP contribution in [0.15, 0.2) is 36.4 Å². The maximum atomic E-state index is 13.3. The number of benzene rings is 2. The molecule has 298 valence electrons. The minimum Gasteiger partial charge on any atom is -0.453 e. The molecule has 0 radical (unpaired) electrons. The number of carbonyl (C=O) groups is 6. The van der Waals surface area contributed by atoms with E-state index in [0.717, 1.165) is 25.7 Å². The van der Waals surface area contributed by atoms with Crippen LogP contribution >= 0.6 is 0 Å². The monoisotopic (exact) mass is 762 g/mol. The third-order valence-electron chi connectivity index (χ3n) is 7.24. The zero-order valence-corrected chi connectivity index (χ0v) is 31.3. The second-order valence-electron chi connectivity index (χ2n) is 11.5. The summed E-state index contributed by atoms with van der Waals surface area (Å²) in [4.78, 5) is 84.3. The first kappa shape index (κ1) is 44.6. The molecule has 0 bridgehead atoms. The van der Waals surface area contributed by atoms with Crippen molar-refractivity contribution in [2.75, 3.05) is 27.2 Å². The molecule has 0 aliphatic rings. The molecule has 0 heterocycles. The van der Waals surface area contributed by atoms with Gasteiger partial charge in [0.1, 0.15) is 11.1 Å². The van der Waals surface area contributed by atoms with Crippen molar-refractivity contribution in [2.24, 2.45) is 0 Å². The van der Waals surface area contributed by atoms with Crippen LogP contribution in [0, 0.1) is 0 Å². The predicted octanol–water partition coefficient (Wildman–Crippen LogP) is 6.89. The lowest BCUT2D eigenvalue weighted by Crippen LogP contribution is -2.18. The van der Waals surface area contributed by atoms with Gasteiger partial charge in [-0.15, -0.1) is 0 Å². The van der Waals surface area contributed by atoms with Crippen molar-refractivity contribution >= 4 is 35.8 Å². The Morgan fingerprint density at radius 2 is 0.722 bits per heavy atom. The number of ether oxygens (including phenoxy) is 8. The van der Waals surface area contributed by atoms with Gasteiger partial charge in [-0.1, -0.05) is 65.5 Å². The molecule has 54 heavy (non-hydrogen) atoms. The van der Waals surface area contributed by atoms with Crippen molar-refractivity contribution in [1.82, 2.24) is 0 Å². The number of carbonyl (C=O) groups excluding carboxylic acids is 6. The zero-order chi connectivity index (χ0) is 39.6. The second-order valence-corrected chi connectivity index (χ2v) is 11.5. The summed E-state index contributed by atoms with van der Waals surface area (Å²) >= 11 is 0. The fourth-order valence-corrected chi connectivity index (χ4v) is 4.24. The topological polar surface area (TPSA) is 195 Å². The molecule has 0 atom stereocenters. The first-order valence-corrected chi connectivity index (χ1v) is 18.0. The standard InChI is InChI=1S/C38H50O16/c1-5-9-19-31(39)47-23-45-29-17-13-15-27(35(29)51-25-49-33(41)21-11-7-3)37(43)53-54-38(44)28-16-14-18-30(46-24-48-32(40)20-10-6-2)36(28)52-26-50-34(42)22-12-8-4/h13-18H,5-12,19-26H2,1-4H3. The molecule has 2 aromatic rings. The molecule has 0 aromatic heterocycles. The number of hydrogen-bond acceptors (Lipinski definition) is 16. The minimum atomic E-state index is -1.22. The molecular weight excluding hydrogens is 712 g/mol. The molecule has 0 spiro atoms. The Bertz CT molecular complexity index is 1390. The molecule has 2 aromatic carbocycles. The normalized spacial score (nSPS) is 10.4. The molecule has 0 amide bonds. The van der Waals surface area contributed by atoms with Crippen molar-refractivity contribution in [1.29, 1.82) is 0 Å². The highest BCUT2D eigenvalue weighted by Gasteiger charge is 2.25. The van der Waals surface area contributed by atoms with E-state index in [-0.39, 0.29) is 59.8 Å². The highest BCUT2D eigenvalue weighted by Crippen LogP contribution is 2.34. The van der Waals surface area contributed by atoms with Crippen molar-refractivity contribution in [2.45, 2.75) is 105 Å². The molecule has 0 saturated carbocycles. The fraction of sp³-hybridized carbons (Fsp3) is 0.526. The van der Waals surface area contributed by atoms with Gasteiger partial charge in [-0.2, -0.15) is 0 Å². The SMILES string of the molecule is CCCCC(=O)OCOc1cccc(C(=O)OOC(=O)c2cccc(OCOC(=O)CCCC)c2OCOC(=O)CCCC)c1OCOC(=O)CCCC. The van der Waals surface area contributed by atoms with E-state index in [1.165, 1.54) is 36.4 Å². The van der Waals surface area contributed by atoms with Gasteiger partial charge in [-0.25, -0.2) is 19.4 Å². The summed E-state index contributed by atoms with van der Waals surface area (Å²) in [6.07, 6.45) is 6.25. The summed E-state index contributed by atoms with van der Waals surface area (Å²) in [5.41, 5.74) is -0.612. The van der Waals surface area contributed by atoms with E-state index in [4.69, 9.17) is 47.7 Å². The van der Waals surface area contributed by atoms with E-state index in [1.54, 1.807) is 0 Å². The number of unbranched alkanes of at least 4 members (excludes halogenated alkanes) is 4. The minimum absolute atomic E-state index is 0.0758. The van der Waals surface area contributed by atoms with Gasteiger partial charge in [0.05, 0.1) is 0 Å². The van der Waals surface area contributed by atoms with Gasteiger partial charge in [0, 0.05) is 25.7 Å². The summed E-state index contributed by atoms with van der Waals surface area (Å²) < 4.78 is 42.7. The highest BCUT2D eigenvalue weighted by atomic mass is 17.2. The summed E-state index contributed by atoms with van der Waals surface area (Å²) in [7, 11) is 0. The maximum Gasteiger partial charge on any atom is 0.390 e. The molecule has 16 heteroatoms. The van der Waals surface area contributed by atoms with E-state index in [2.05, 4.69) is 0 Å². The summed E-state index contributed by atoms with van der Waals surface area (Å²) in [6.45, 7) is 5.42. The lowest BCUT2D eigenvalue weighted by Gasteiger charge is -2.16. The average molecular weight is 763 g/mol. The Kier molecular flexibility index (Phi) is 21.7. The average Bonchev–Trinajstić information content (AvgIpc) is 3.17. The van der Waals surface area contributed by atoms with Gasteiger partial charge in [0.15, 0.2) is 23.0 Å². The molecule has 0 unspecified atom stereocenters. The molecule has 2 rings (SSSR count). The smallest absolute Gasteiger partial charge is 0.390 e. The zero-order valence-electron chi connectivity index (χ0n) is 31.3. The molecule has 0 saturated heterocycles. The third kappa shape index (κ3) is 16.9. The van der Waals surface area contributed by atoms with Gasteiger partial charge in [0.25, 0.3) is 0 Å². The van der Waals surface area contributed by atoms with Crippen LogP contribution < -0.4 is 18.9 Å². The number of rotatable bonds is 26. The van der Waals surface area contributed by atoms with Crippen molar-refractivity contribution in [3.63, 3.8) is 0 Å². The van der Waals surface area contributed by atoms with E-state index >= 15 is 0 Å².